The topological polar surface area (TPSA) is 111 Å². The van der Waals surface area contributed by atoms with Crippen LogP contribution in [0.4, 0.5) is 14.9 Å². The number of hydrogen-bond donors (Lipinski definition) is 3. The number of anilines is 1. The summed E-state index contributed by atoms with van der Waals surface area (Å²) in [6.07, 6.45) is -0.892. The van der Waals surface area contributed by atoms with E-state index in [9.17, 15) is 14.0 Å². The van der Waals surface area contributed by atoms with Crippen molar-refractivity contribution >= 4 is 17.7 Å². The molecule has 1 atom stereocenters. The first kappa shape index (κ1) is 18.5. The van der Waals surface area contributed by atoms with Gasteiger partial charge in [-0.3, -0.25) is 0 Å². The van der Waals surface area contributed by atoms with Crippen LogP contribution in [0.5, 0.6) is 5.75 Å². The number of benzene rings is 1. The lowest BCUT2D eigenvalue weighted by molar-refractivity contribution is -0.140. The molecule has 0 saturated heterocycles. The Balaban J connectivity index is 2.75. The summed E-state index contributed by atoms with van der Waals surface area (Å²) < 4.78 is 23.6. The highest BCUT2D eigenvalue weighted by molar-refractivity contribution is 5.80. The summed E-state index contributed by atoms with van der Waals surface area (Å²) in [5, 5.41) is 11.3. The van der Waals surface area contributed by atoms with Gasteiger partial charge in [-0.2, -0.15) is 0 Å². The van der Waals surface area contributed by atoms with E-state index in [0.29, 0.717) is 5.56 Å². The molecule has 8 heteroatoms. The van der Waals surface area contributed by atoms with Crippen molar-refractivity contribution in [2.24, 2.45) is 0 Å². The number of carboxylic acids is 1. The second kappa shape index (κ2) is 7.17. The maximum absolute atomic E-state index is 13.3. The zero-order chi connectivity index (χ0) is 17.8. The summed E-state index contributed by atoms with van der Waals surface area (Å²) in [7, 11) is 0. The third-order valence-electron chi connectivity index (χ3n) is 2.71. The number of nitrogen functional groups attached to an aromatic ring is 1. The van der Waals surface area contributed by atoms with Gasteiger partial charge in [0.2, 0.25) is 0 Å². The minimum atomic E-state index is -1.37. The van der Waals surface area contributed by atoms with Crippen LogP contribution in [0.15, 0.2) is 12.1 Å². The highest BCUT2D eigenvalue weighted by atomic mass is 19.1. The number of alkyl carbamates (subject to hydrolysis) is 1. The van der Waals surface area contributed by atoms with Gasteiger partial charge < -0.3 is 25.6 Å². The van der Waals surface area contributed by atoms with Crippen LogP contribution in [0, 0.1) is 12.7 Å². The molecule has 7 nitrogen and oxygen atoms in total. The van der Waals surface area contributed by atoms with Crippen molar-refractivity contribution in [1.82, 2.24) is 5.32 Å². The van der Waals surface area contributed by atoms with Gasteiger partial charge in [-0.25, -0.2) is 14.0 Å². The van der Waals surface area contributed by atoms with Gasteiger partial charge in [-0.1, -0.05) is 0 Å². The summed E-state index contributed by atoms with van der Waals surface area (Å²) >= 11 is 0. The molecule has 0 aliphatic heterocycles. The minimum absolute atomic E-state index is 0.0136. The first-order chi connectivity index (χ1) is 10.5. The predicted octanol–water partition coefficient (Wildman–Crippen LogP) is 2.07. The van der Waals surface area contributed by atoms with E-state index in [1.54, 1.807) is 27.7 Å². The Hall–Kier alpha value is -2.51. The fourth-order valence-corrected chi connectivity index (χ4v) is 1.64. The minimum Gasteiger partial charge on any atom is -0.489 e. The van der Waals surface area contributed by atoms with E-state index in [1.165, 1.54) is 6.07 Å². The molecule has 0 fully saturated rings. The Morgan fingerprint density at radius 3 is 2.52 bits per heavy atom. The molecule has 0 radical (unpaired) electrons. The van der Waals surface area contributed by atoms with E-state index in [-0.39, 0.29) is 11.4 Å². The highest BCUT2D eigenvalue weighted by Crippen LogP contribution is 2.26. The molecule has 0 heterocycles. The maximum Gasteiger partial charge on any atom is 0.408 e. The van der Waals surface area contributed by atoms with E-state index in [1.807, 2.05) is 0 Å². The molecule has 1 rings (SSSR count). The first-order valence-electron chi connectivity index (χ1n) is 6.90. The Bertz CT molecular complexity index is 598. The summed E-state index contributed by atoms with van der Waals surface area (Å²) in [6, 6.07) is 0.915. The zero-order valence-corrected chi connectivity index (χ0v) is 13.5. The van der Waals surface area contributed by atoms with Crippen LogP contribution in [0.25, 0.3) is 0 Å². The van der Waals surface area contributed by atoms with Crippen LogP contribution in [0.2, 0.25) is 0 Å². The monoisotopic (exact) mass is 328 g/mol. The van der Waals surface area contributed by atoms with Crippen molar-refractivity contribution in [3.8, 4) is 5.75 Å². The van der Waals surface area contributed by atoms with Crippen molar-refractivity contribution in [3.05, 3.63) is 23.5 Å². The summed E-state index contributed by atoms with van der Waals surface area (Å²) in [5.74, 6) is -1.86. The smallest absolute Gasteiger partial charge is 0.408 e. The van der Waals surface area contributed by atoms with Gasteiger partial charge in [0.1, 0.15) is 23.8 Å². The highest BCUT2D eigenvalue weighted by Gasteiger charge is 2.25. The molecule has 128 valence electrons. The van der Waals surface area contributed by atoms with E-state index in [4.69, 9.17) is 20.3 Å². The van der Waals surface area contributed by atoms with E-state index >= 15 is 0 Å². The van der Waals surface area contributed by atoms with Crippen molar-refractivity contribution < 1.29 is 28.6 Å². The lowest BCUT2D eigenvalue weighted by Crippen LogP contribution is -2.46. The first-order valence-corrected chi connectivity index (χ1v) is 6.90. The average Bonchev–Trinajstić information content (AvgIpc) is 2.37. The second-order valence-electron chi connectivity index (χ2n) is 5.98. The maximum atomic E-state index is 13.3. The number of carbonyl (C=O) groups is 2. The van der Waals surface area contributed by atoms with Gasteiger partial charge in [-0.15, -0.1) is 0 Å². The summed E-state index contributed by atoms with van der Waals surface area (Å²) in [6.45, 7) is 6.11. The van der Waals surface area contributed by atoms with E-state index in [2.05, 4.69) is 5.32 Å². The number of nitrogens with two attached hydrogens (primary N) is 1. The molecule has 0 bridgehead atoms. The van der Waals surface area contributed by atoms with E-state index in [0.717, 1.165) is 6.07 Å². The SMILES string of the molecule is Cc1cc(F)cc(OC[C@H](NC(=O)OC(C)(C)C)C(=O)O)c1N. The van der Waals surface area contributed by atoms with Crippen LogP contribution < -0.4 is 15.8 Å². The molecule has 0 aromatic heterocycles. The molecule has 0 aliphatic carbocycles. The van der Waals surface area contributed by atoms with Gasteiger partial charge in [0, 0.05) is 6.07 Å². The fourth-order valence-electron chi connectivity index (χ4n) is 1.64. The van der Waals surface area contributed by atoms with Gasteiger partial charge in [0.05, 0.1) is 5.69 Å². The molecular weight excluding hydrogens is 307 g/mol. The summed E-state index contributed by atoms with van der Waals surface area (Å²) in [5.41, 5.74) is 5.65. The number of nitrogens with one attached hydrogen (secondary N) is 1. The van der Waals surface area contributed by atoms with E-state index < -0.39 is 36.1 Å². The van der Waals surface area contributed by atoms with Crippen molar-refractivity contribution in [2.75, 3.05) is 12.3 Å². The lowest BCUT2D eigenvalue weighted by Gasteiger charge is -2.22. The lowest BCUT2D eigenvalue weighted by atomic mass is 10.2. The van der Waals surface area contributed by atoms with Crippen LogP contribution in [0.1, 0.15) is 26.3 Å². The largest absolute Gasteiger partial charge is 0.489 e. The number of halogens is 1. The van der Waals surface area contributed by atoms with Gasteiger partial charge in [-0.05, 0) is 39.3 Å². The third kappa shape index (κ3) is 6.01. The van der Waals surface area contributed by atoms with Gasteiger partial charge in [0.25, 0.3) is 0 Å². The standard InChI is InChI=1S/C15H21FN2O5/c1-8-5-9(16)6-11(12(8)17)22-7-10(13(19)20)18-14(21)23-15(2,3)4/h5-6,10H,7,17H2,1-4H3,(H,18,21)(H,19,20)/t10-/m0/s1. The van der Waals surface area contributed by atoms with Gasteiger partial charge in [0.15, 0.2) is 6.04 Å². The molecule has 4 N–H and O–H groups in total. The molecule has 0 spiro atoms. The Morgan fingerprint density at radius 2 is 2.00 bits per heavy atom. The van der Waals surface area contributed by atoms with Crippen LogP contribution in [-0.2, 0) is 9.53 Å². The Labute approximate surface area is 133 Å². The molecule has 0 aliphatic rings. The third-order valence-corrected chi connectivity index (χ3v) is 2.71. The van der Waals surface area contributed by atoms with Crippen molar-refractivity contribution in [2.45, 2.75) is 39.3 Å². The summed E-state index contributed by atoms with van der Waals surface area (Å²) in [4.78, 5) is 22.8. The van der Waals surface area contributed by atoms with Crippen LogP contribution >= 0.6 is 0 Å². The fraction of sp³-hybridized carbons (Fsp3) is 0.467. The number of aliphatic carboxylic acids is 1. The molecule has 1 amide bonds. The van der Waals surface area contributed by atoms with Crippen LogP contribution in [-0.4, -0.2) is 35.4 Å². The number of ether oxygens (including phenoxy) is 2. The van der Waals surface area contributed by atoms with Gasteiger partial charge >= 0.3 is 12.1 Å². The number of aryl methyl sites for hydroxylation is 1. The Morgan fingerprint density at radius 1 is 1.39 bits per heavy atom. The second-order valence-corrected chi connectivity index (χ2v) is 5.98. The number of carboxylic acid groups (broad SMARTS) is 1. The van der Waals surface area contributed by atoms with Crippen molar-refractivity contribution in [1.29, 1.82) is 0 Å². The average molecular weight is 328 g/mol. The van der Waals surface area contributed by atoms with Crippen molar-refractivity contribution in [3.63, 3.8) is 0 Å². The number of amides is 1. The quantitative estimate of drug-likeness (QED) is 0.714. The molecule has 0 saturated carbocycles. The predicted molar refractivity (Wildman–Crippen MR) is 81.8 cm³/mol. The number of carbonyl (C=O) groups excluding carboxylic acids is 1. The molecule has 1 aromatic carbocycles. The molecule has 1 aromatic rings. The van der Waals surface area contributed by atoms with Crippen LogP contribution in [0.3, 0.4) is 0 Å². The normalized spacial score (nSPS) is 12.4. The number of rotatable bonds is 5. The molecule has 0 unspecified atom stereocenters. The Kier molecular flexibility index (Phi) is 5.78. The zero-order valence-electron chi connectivity index (χ0n) is 13.5. The number of hydrogen-bond acceptors (Lipinski definition) is 5. The molecule has 23 heavy (non-hydrogen) atoms. The molecular formula is C15H21FN2O5.